The fourth-order valence-electron chi connectivity index (χ4n) is 5.49. The minimum Gasteiger partial charge on any atom is -0.490 e. The van der Waals surface area contributed by atoms with Gasteiger partial charge in [-0.25, -0.2) is 4.79 Å². The van der Waals surface area contributed by atoms with E-state index in [1.54, 1.807) is 19.1 Å². The monoisotopic (exact) mass is 589 g/mol. The van der Waals surface area contributed by atoms with Gasteiger partial charge in [-0.1, -0.05) is 24.3 Å². The summed E-state index contributed by atoms with van der Waals surface area (Å²) >= 11 is 0. The Morgan fingerprint density at radius 3 is 2.35 bits per heavy atom. The van der Waals surface area contributed by atoms with Gasteiger partial charge in [0.2, 0.25) is 0 Å². The summed E-state index contributed by atoms with van der Waals surface area (Å²) in [4.78, 5) is 12.5. The Morgan fingerprint density at radius 2 is 1.72 bits per heavy atom. The van der Waals surface area contributed by atoms with Crippen LogP contribution >= 0.6 is 0 Å². The molecule has 2 aliphatic rings. The van der Waals surface area contributed by atoms with Crippen molar-refractivity contribution in [2.45, 2.75) is 57.0 Å². The van der Waals surface area contributed by atoms with E-state index in [9.17, 15) is 23.2 Å². The van der Waals surface area contributed by atoms with Gasteiger partial charge >= 0.3 is 12.3 Å². The number of rotatable bonds is 7. The van der Waals surface area contributed by atoms with Crippen molar-refractivity contribution in [2.75, 3.05) is 18.5 Å². The number of nitrogens with zero attached hydrogens (tertiary/aromatic N) is 2. The van der Waals surface area contributed by atoms with Crippen molar-refractivity contribution < 1.29 is 32.2 Å². The highest BCUT2D eigenvalue weighted by atomic mass is 19.4. The van der Waals surface area contributed by atoms with Gasteiger partial charge in [0.15, 0.2) is 0 Å². The molecule has 1 aliphatic heterocycles. The highest BCUT2D eigenvalue weighted by Gasteiger charge is 2.32. The van der Waals surface area contributed by atoms with Gasteiger partial charge in [-0.2, -0.15) is 18.4 Å². The third-order valence-corrected chi connectivity index (χ3v) is 7.87. The average molecular weight is 590 g/mol. The first-order valence-corrected chi connectivity index (χ1v) is 14.3. The second-order valence-electron chi connectivity index (χ2n) is 10.9. The number of carbonyl (C=O) groups excluding carboxylic acids is 1. The number of carbonyl (C=O) groups is 1. The third kappa shape index (κ3) is 6.18. The number of alkyl halides is 3. The maximum absolute atomic E-state index is 12.8. The second-order valence-corrected chi connectivity index (χ2v) is 10.9. The van der Waals surface area contributed by atoms with Crippen molar-refractivity contribution in [1.82, 2.24) is 4.57 Å². The van der Waals surface area contributed by atoms with Crippen LogP contribution in [0.15, 0.2) is 66.7 Å². The molecule has 1 saturated heterocycles. The number of benzene rings is 3. The lowest BCUT2D eigenvalue weighted by Gasteiger charge is -2.23. The predicted octanol–water partition coefficient (Wildman–Crippen LogP) is 8.40. The first-order valence-electron chi connectivity index (χ1n) is 14.3. The Kier molecular flexibility index (Phi) is 7.75. The summed E-state index contributed by atoms with van der Waals surface area (Å²) in [6.07, 6.45) is -2.08. The number of ether oxygens (including phenoxy) is 3. The van der Waals surface area contributed by atoms with Crippen LogP contribution in [0.25, 0.3) is 22.2 Å². The zero-order chi connectivity index (χ0) is 30.1. The molecule has 222 valence electrons. The number of hydrogen-bond donors (Lipinski definition) is 1. The molecule has 4 aromatic rings. The van der Waals surface area contributed by atoms with Crippen molar-refractivity contribution in [1.29, 1.82) is 5.26 Å². The van der Waals surface area contributed by atoms with E-state index in [4.69, 9.17) is 14.2 Å². The molecule has 2 heterocycles. The van der Waals surface area contributed by atoms with Crippen LogP contribution in [0, 0.1) is 11.3 Å². The first-order chi connectivity index (χ1) is 20.7. The molecule has 10 heteroatoms. The van der Waals surface area contributed by atoms with Crippen molar-refractivity contribution in [2.24, 2.45) is 0 Å². The van der Waals surface area contributed by atoms with E-state index in [2.05, 4.69) is 16.0 Å². The number of anilines is 1. The molecule has 1 saturated carbocycles. The van der Waals surface area contributed by atoms with Crippen LogP contribution in [-0.2, 0) is 15.7 Å². The maximum Gasteiger partial charge on any atom is 0.416 e. The van der Waals surface area contributed by atoms with E-state index in [-0.39, 0.29) is 12.1 Å². The molecule has 1 aliphatic carbocycles. The minimum atomic E-state index is -4.44. The number of aromatic nitrogens is 1. The topological polar surface area (TPSA) is 85.5 Å². The molecule has 0 bridgehead atoms. The van der Waals surface area contributed by atoms with Gasteiger partial charge in [-0.15, -0.1) is 0 Å². The largest absolute Gasteiger partial charge is 0.490 e. The quantitative estimate of drug-likeness (QED) is 0.234. The van der Waals surface area contributed by atoms with Crippen LogP contribution in [0.5, 0.6) is 5.75 Å². The lowest BCUT2D eigenvalue weighted by molar-refractivity contribution is -0.137. The average Bonchev–Trinajstić information content (AvgIpc) is 3.78. The zero-order valence-electron chi connectivity index (χ0n) is 23.5. The molecule has 43 heavy (non-hydrogen) atoms. The van der Waals surface area contributed by atoms with Crippen LogP contribution in [0.1, 0.15) is 61.4 Å². The summed E-state index contributed by atoms with van der Waals surface area (Å²) in [6.45, 7) is 2.97. The first kappa shape index (κ1) is 28.6. The standard InChI is InChI=1S/C33H30F3N3O4/c1-20(21-2-6-23(7-3-21)33(34,35)36)42-32(40)38-24-8-4-22(5-9-24)31-29(19-37)28-13-12-27(43-26-14-16-41-17-15-26)18-30(28)39(31)25-10-11-25/h2-9,12-13,18,20,25-26H,10-11,14-17H2,1H3,(H,38,40). The summed E-state index contributed by atoms with van der Waals surface area (Å²) in [6, 6.07) is 20.3. The fraction of sp³-hybridized carbons (Fsp3) is 0.333. The molecule has 0 radical (unpaired) electrons. The summed E-state index contributed by atoms with van der Waals surface area (Å²) in [5.74, 6) is 0.776. The van der Waals surface area contributed by atoms with Crippen LogP contribution in [-0.4, -0.2) is 30.0 Å². The van der Waals surface area contributed by atoms with Crippen molar-refractivity contribution in [3.05, 3.63) is 83.4 Å². The van der Waals surface area contributed by atoms with Crippen molar-refractivity contribution in [3.63, 3.8) is 0 Å². The van der Waals surface area contributed by atoms with Gasteiger partial charge in [0, 0.05) is 36.0 Å². The molecule has 0 spiro atoms. The lowest BCUT2D eigenvalue weighted by atomic mass is 10.1. The lowest BCUT2D eigenvalue weighted by Crippen LogP contribution is -2.25. The van der Waals surface area contributed by atoms with E-state index in [0.717, 1.165) is 65.7 Å². The number of nitrogens with one attached hydrogen (secondary N) is 1. The molecule has 7 nitrogen and oxygen atoms in total. The molecule has 1 aromatic heterocycles. The number of fused-ring (bicyclic) bond motifs is 1. The summed E-state index contributed by atoms with van der Waals surface area (Å²) in [7, 11) is 0. The van der Waals surface area contributed by atoms with Gasteiger partial charge in [0.1, 0.15) is 24.0 Å². The molecule has 1 amide bonds. The van der Waals surface area contributed by atoms with E-state index < -0.39 is 23.9 Å². The number of amides is 1. The van der Waals surface area contributed by atoms with E-state index in [0.29, 0.717) is 30.0 Å². The SMILES string of the molecule is CC(OC(=O)Nc1ccc(-c2c(C#N)c3ccc(OC4CCOCC4)cc3n2C2CC2)cc1)c1ccc(C(F)(F)F)cc1. The van der Waals surface area contributed by atoms with Gasteiger partial charge in [0.25, 0.3) is 0 Å². The number of halogens is 3. The van der Waals surface area contributed by atoms with Gasteiger partial charge < -0.3 is 18.8 Å². The Bertz CT molecular complexity index is 1660. The molecule has 1 N–H and O–H groups in total. The Labute approximate surface area is 246 Å². The molecule has 3 aromatic carbocycles. The predicted molar refractivity (Wildman–Crippen MR) is 155 cm³/mol. The van der Waals surface area contributed by atoms with Crippen molar-refractivity contribution in [3.8, 4) is 23.1 Å². The van der Waals surface area contributed by atoms with Crippen LogP contribution < -0.4 is 10.1 Å². The molecule has 6 rings (SSSR count). The van der Waals surface area contributed by atoms with Crippen LogP contribution in [0.3, 0.4) is 0 Å². The van der Waals surface area contributed by atoms with Crippen LogP contribution in [0.4, 0.5) is 23.7 Å². The minimum absolute atomic E-state index is 0.107. The highest BCUT2D eigenvalue weighted by Crippen LogP contribution is 2.45. The number of nitriles is 1. The van der Waals surface area contributed by atoms with E-state index >= 15 is 0 Å². The molecular formula is C33H30F3N3O4. The van der Waals surface area contributed by atoms with E-state index in [1.165, 1.54) is 12.1 Å². The smallest absolute Gasteiger partial charge is 0.416 e. The van der Waals surface area contributed by atoms with Crippen LogP contribution in [0.2, 0.25) is 0 Å². The number of hydrogen-bond acceptors (Lipinski definition) is 5. The van der Waals surface area contributed by atoms with Gasteiger partial charge in [0.05, 0.1) is 35.6 Å². The molecule has 1 unspecified atom stereocenters. The highest BCUT2D eigenvalue weighted by molar-refractivity contribution is 5.96. The summed E-state index contributed by atoms with van der Waals surface area (Å²) in [5, 5.41) is 13.7. The fourth-order valence-corrected chi connectivity index (χ4v) is 5.49. The molecule has 1 atom stereocenters. The molecular weight excluding hydrogens is 559 g/mol. The van der Waals surface area contributed by atoms with E-state index in [1.807, 2.05) is 30.3 Å². The van der Waals surface area contributed by atoms with Gasteiger partial charge in [-0.05, 0) is 67.3 Å². The van der Waals surface area contributed by atoms with Gasteiger partial charge in [-0.3, -0.25) is 5.32 Å². The summed E-state index contributed by atoms with van der Waals surface area (Å²) in [5.41, 5.74) is 3.37. The molecule has 2 fully saturated rings. The Morgan fingerprint density at radius 1 is 1.02 bits per heavy atom. The zero-order valence-corrected chi connectivity index (χ0v) is 23.5. The van der Waals surface area contributed by atoms with Crippen molar-refractivity contribution >= 4 is 22.7 Å². The maximum atomic E-state index is 12.8. The normalized spacial score (nSPS) is 16.4. The second kappa shape index (κ2) is 11.7. The Balaban J connectivity index is 1.20. The Hall–Kier alpha value is -4.49. The third-order valence-electron chi connectivity index (χ3n) is 7.87. The summed E-state index contributed by atoms with van der Waals surface area (Å²) < 4.78 is 57.9.